The molecule has 2 aliphatic heterocycles. The van der Waals surface area contributed by atoms with E-state index in [1.165, 1.54) is 24.0 Å². The SMILES string of the molecule is Fc1ccc(CN2CCC3(CC2)CO[C@@H](Cc2cccnc2)C3)cc1. The standard InChI is InChI=1S/C21H25FN2O/c22-19-5-3-17(4-6-19)15-24-10-7-21(8-11-24)13-20(25-16-21)12-18-2-1-9-23-14-18/h1-6,9,14,20H,7-8,10-13,15-16H2/t20-/m0/s1. The predicted molar refractivity (Wildman–Crippen MR) is 95.6 cm³/mol. The van der Waals surface area contributed by atoms with E-state index in [0.29, 0.717) is 11.5 Å². The van der Waals surface area contributed by atoms with Crippen molar-refractivity contribution >= 4 is 0 Å². The van der Waals surface area contributed by atoms with Gasteiger partial charge in [0.15, 0.2) is 0 Å². The topological polar surface area (TPSA) is 25.4 Å². The zero-order valence-electron chi connectivity index (χ0n) is 14.5. The molecule has 4 heteroatoms. The fraction of sp³-hybridized carbons (Fsp3) is 0.476. The summed E-state index contributed by atoms with van der Waals surface area (Å²) in [6.45, 7) is 4.00. The number of hydrogen-bond donors (Lipinski definition) is 0. The van der Waals surface area contributed by atoms with Gasteiger partial charge in [-0.3, -0.25) is 9.88 Å². The van der Waals surface area contributed by atoms with Crippen molar-refractivity contribution in [1.82, 2.24) is 9.88 Å². The molecule has 25 heavy (non-hydrogen) atoms. The van der Waals surface area contributed by atoms with Gasteiger partial charge < -0.3 is 4.74 Å². The first kappa shape index (κ1) is 16.7. The van der Waals surface area contributed by atoms with Gasteiger partial charge in [-0.05, 0) is 67.1 Å². The summed E-state index contributed by atoms with van der Waals surface area (Å²) in [5.41, 5.74) is 2.80. The molecule has 3 nitrogen and oxygen atoms in total. The van der Waals surface area contributed by atoms with Crippen LogP contribution in [0.2, 0.25) is 0 Å². The molecule has 0 aliphatic carbocycles. The Labute approximate surface area is 148 Å². The third kappa shape index (κ3) is 4.07. The molecule has 3 heterocycles. The molecule has 1 aromatic heterocycles. The molecule has 0 unspecified atom stereocenters. The average Bonchev–Trinajstić information content (AvgIpc) is 3.02. The quantitative estimate of drug-likeness (QED) is 0.846. The fourth-order valence-electron chi connectivity index (χ4n) is 4.19. The average molecular weight is 340 g/mol. The first-order chi connectivity index (χ1) is 12.2. The van der Waals surface area contributed by atoms with Gasteiger partial charge in [0.05, 0.1) is 12.7 Å². The predicted octanol–water partition coefficient (Wildman–Crippen LogP) is 3.83. The number of piperidine rings is 1. The Kier molecular flexibility index (Phi) is 4.82. The summed E-state index contributed by atoms with van der Waals surface area (Å²) in [5.74, 6) is -0.163. The van der Waals surface area contributed by atoms with Crippen LogP contribution >= 0.6 is 0 Å². The second-order valence-electron chi connectivity index (χ2n) is 7.61. The van der Waals surface area contributed by atoms with E-state index in [2.05, 4.69) is 16.0 Å². The highest BCUT2D eigenvalue weighted by Crippen LogP contribution is 2.42. The number of aromatic nitrogens is 1. The van der Waals surface area contributed by atoms with Crippen molar-refractivity contribution in [3.05, 3.63) is 65.7 Å². The first-order valence-electron chi connectivity index (χ1n) is 9.18. The molecule has 0 saturated carbocycles. The van der Waals surface area contributed by atoms with E-state index in [4.69, 9.17) is 4.74 Å². The van der Waals surface area contributed by atoms with Crippen molar-refractivity contribution in [2.45, 2.75) is 38.3 Å². The summed E-state index contributed by atoms with van der Waals surface area (Å²) < 4.78 is 19.2. The van der Waals surface area contributed by atoms with E-state index < -0.39 is 0 Å². The van der Waals surface area contributed by atoms with Crippen molar-refractivity contribution in [1.29, 1.82) is 0 Å². The molecular weight excluding hydrogens is 315 g/mol. The van der Waals surface area contributed by atoms with E-state index >= 15 is 0 Å². The smallest absolute Gasteiger partial charge is 0.123 e. The highest BCUT2D eigenvalue weighted by Gasteiger charge is 2.42. The normalized spacial score (nSPS) is 23.2. The van der Waals surface area contributed by atoms with Gasteiger partial charge in [-0.2, -0.15) is 0 Å². The third-order valence-electron chi connectivity index (χ3n) is 5.71. The van der Waals surface area contributed by atoms with Crippen LogP contribution in [0.25, 0.3) is 0 Å². The number of benzene rings is 1. The number of pyridine rings is 1. The summed E-state index contributed by atoms with van der Waals surface area (Å²) in [6.07, 6.45) is 8.60. The third-order valence-corrected chi connectivity index (χ3v) is 5.71. The second-order valence-corrected chi connectivity index (χ2v) is 7.61. The van der Waals surface area contributed by atoms with Crippen LogP contribution in [0.1, 0.15) is 30.4 Å². The Morgan fingerprint density at radius 2 is 1.92 bits per heavy atom. The molecule has 2 aromatic rings. The highest BCUT2D eigenvalue weighted by molar-refractivity contribution is 5.16. The number of nitrogens with zero attached hydrogens (tertiary/aromatic N) is 2. The fourth-order valence-corrected chi connectivity index (χ4v) is 4.19. The summed E-state index contributed by atoms with van der Waals surface area (Å²) in [5, 5.41) is 0. The van der Waals surface area contributed by atoms with E-state index in [1.54, 1.807) is 12.1 Å². The molecule has 132 valence electrons. The van der Waals surface area contributed by atoms with Crippen LogP contribution in [-0.4, -0.2) is 35.7 Å². The van der Waals surface area contributed by atoms with Crippen LogP contribution < -0.4 is 0 Å². The lowest BCUT2D eigenvalue weighted by molar-refractivity contribution is 0.0631. The number of ether oxygens (including phenoxy) is 1. The van der Waals surface area contributed by atoms with Crippen LogP contribution in [0, 0.1) is 11.2 Å². The molecule has 1 aromatic carbocycles. The summed E-state index contributed by atoms with van der Waals surface area (Å²) in [6, 6.07) is 11.0. The minimum atomic E-state index is -0.163. The maximum absolute atomic E-state index is 13.0. The van der Waals surface area contributed by atoms with Gasteiger partial charge in [-0.1, -0.05) is 18.2 Å². The van der Waals surface area contributed by atoms with E-state index in [0.717, 1.165) is 39.1 Å². The zero-order chi connectivity index (χ0) is 17.1. The molecule has 0 bridgehead atoms. The zero-order valence-corrected chi connectivity index (χ0v) is 14.5. The van der Waals surface area contributed by atoms with Crippen molar-refractivity contribution in [2.75, 3.05) is 19.7 Å². The molecule has 4 rings (SSSR count). The lowest BCUT2D eigenvalue weighted by atomic mass is 9.76. The molecule has 1 spiro atoms. The molecule has 1 atom stereocenters. The van der Waals surface area contributed by atoms with E-state index in [-0.39, 0.29) is 5.82 Å². The van der Waals surface area contributed by atoms with Crippen LogP contribution in [0.5, 0.6) is 0 Å². The molecule has 0 amide bonds. The molecule has 0 radical (unpaired) electrons. The maximum Gasteiger partial charge on any atom is 0.123 e. The van der Waals surface area contributed by atoms with Gasteiger partial charge in [-0.15, -0.1) is 0 Å². The number of halogens is 1. The van der Waals surface area contributed by atoms with Crippen LogP contribution in [0.15, 0.2) is 48.8 Å². The van der Waals surface area contributed by atoms with E-state index in [9.17, 15) is 4.39 Å². The van der Waals surface area contributed by atoms with Gasteiger partial charge in [0.1, 0.15) is 5.82 Å². The molecule has 2 fully saturated rings. The van der Waals surface area contributed by atoms with Gasteiger partial charge in [0, 0.05) is 25.4 Å². The second kappa shape index (κ2) is 7.22. The molecule has 2 aliphatic rings. The first-order valence-corrected chi connectivity index (χ1v) is 9.18. The Morgan fingerprint density at radius 1 is 1.12 bits per heavy atom. The van der Waals surface area contributed by atoms with Crippen molar-refractivity contribution in [3.63, 3.8) is 0 Å². The largest absolute Gasteiger partial charge is 0.377 e. The van der Waals surface area contributed by atoms with Crippen molar-refractivity contribution in [3.8, 4) is 0 Å². The van der Waals surface area contributed by atoms with Crippen molar-refractivity contribution < 1.29 is 9.13 Å². The Bertz CT molecular complexity index is 681. The van der Waals surface area contributed by atoms with Crippen LogP contribution in [-0.2, 0) is 17.7 Å². The minimum Gasteiger partial charge on any atom is -0.377 e. The Morgan fingerprint density at radius 3 is 2.64 bits per heavy atom. The molecular formula is C21H25FN2O. The number of likely N-dealkylation sites (tertiary alicyclic amines) is 1. The van der Waals surface area contributed by atoms with Crippen molar-refractivity contribution in [2.24, 2.45) is 5.41 Å². The number of hydrogen-bond acceptors (Lipinski definition) is 3. The van der Waals surface area contributed by atoms with Crippen LogP contribution in [0.3, 0.4) is 0 Å². The maximum atomic E-state index is 13.0. The van der Waals surface area contributed by atoms with Gasteiger partial charge >= 0.3 is 0 Å². The lowest BCUT2D eigenvalue weighted by Gasteiger charge is -2.38. The van der Waals surface area contributed by atoms with Gasteiger partial charge in [0.25, 0.3) is 0 Å². The Balaban J connectivity index is 1.29. The number of rotatable bonds is 4. The summed E-state index contributed by atoms with van der Waals surface area (Å²) >= 11 is 0. The molecule has 2 saturated heterocycles. The summed E-state index contributed by atoms with van der Waals surface area (Å²) in [4.78, 5) is 6.68. The van der Waals surface area contributed by atoms with Gasteiger partial charge in [0.2, 0.25) is 0 Å². The Hall–Kier alpha value is -1.78. The molecule has 0 N–H and O–H groups in total. The van der Waals surface area contributed by atoms with Gasteiger partial charge in [-0.25, -0.2) is 4.39 Å². The highest BCUT2D eigenvalue weighted by atomic mass is 19.1. The minimum absolute atomic E-state index is 0.163. The lowest BCUT2D eigenvalue weighted by Crippen LogP contribution is -2.40. The monoisotopic (exact) mass is 340 g/mol. The van der Waals surface area contributed by atoms with Crippen LogP contribution in [0.4, 0.5) is 4.39 Å². The van der Waals surface area contributed by atoms with E-state index in [1.807, 2.05) is 30.6 Å². The summed E-state index contributed by atoms with van der Waals surface area (Å²) in [7, 11) is 0.